The van der Waals surface area contributed by atoms with Gasteiger partial charge in [0.05, 0.1) is 0 Å². The summed E-state index contributed by atoms with van der Waals surface area (Å²) in [5.41, 5.74) is 0. The Labute approximate surface area is 74.3 Å². The van der Waals surface area contributed by atoms with Crippen LogP contribution in [-0.2, 0) is 0 Å². The van der Waals surface area contributed by atoms with Gasteiger partial charge in [-0.15, -0.1) is 0 Å². The molecule has 66 valence electrons. The predicted molar refractivity (Wildman–Crippen MR) is 60.5 cm³/mol. The average Bonchev–Trinajstić information content (AvgIpc) is 1.90. The molecular weight excluding hydrogens is 130 g/mol. The smallest absolute Gasteiger partial charge is 0.0865 e. The van der Waals surface area contributed by atoms with Crippen LogP contribution in [0.3, 0.4) is 0 Å². The quantitative estimate of drug-likeness (QED) is 0.540. The molecule has 0 heterocycles. The molecule has 0 radical (unpaired) electrons. The van der Waals surface area contributed by atoms with Gasteiger partial charge in [-0.3, -0.25) is 0 Å². The topological polar surface area (TPSA) is 0 Å². The van der Waals surface area contributed by atoms with E-state index in [1.165, 1.54) is 19.0 Å². The van der Waals surface area contributed by atoms with E-state index in [2.05, 4.69) is 41.2 Å². The van der Waals surface area contributed by atoms with Crippen molar-refractivity contribution >= 4 is 13.4 Å². The van der Waals surface area contributed by atoms with E-state index in [1.807, 2.05) is 0 Å². The van der Waals surface area contributed by atoms with Crippen LogP contribution >= 0.6 is 0 Å². The Hall–Kier alpha value is 0.130. The highest BCUT2D eigenvalue weighted by molar-refractivity contribution is 6.58. The Bertz CT molecular complexity index is 50.3. The van der Waals surface area contributed by atoms with Gasteiger partial charge in [-0.25, -0.2) is 0 Å². The van der Waals surface area contributed by atoms with Crippen LogP contribution in [-0.4, -0.2) is 13.4 Å². The van der Waals surface area contributed by atoms with Crippen LogP contribution in [0.2, 0.25) is 39.4 Å². The first-order valence-electron chi connectivity index (χ1n) is 5.08. The van der Waals surface area contributed by atoms with E-state index in [-0.39, 0.29) is 0 Å². The first-order valence-corrected chi connectivity index (χ1v) is 5.08. The average molecular weight is 154 g/mol. The summed E-state index contributed by atoms with van der Waals surface area (Å²) in [5, 5.41) is 0. The fourth-order valence-electron chi connectivity index (χ4n) is 0.866. The van der Waals surface area contributed by atoms with E-state index in [1.54, 1.807) is 0 Å². The van der Waals surface area contributed by atoms with Gasteiger partial charge in [0, 0.05) is 0 Å². The molecule has 0 aliphatic heterocycles. The van der Waals surface area contributed by atoms with Crippen LogP contribution in [0.4, 0.5) is 0 Å². The predicted octanol–water partition coefficient (Wildman–Crippen LogP) is 3.91. The zero-order chi connectivity index (χ0) is 9.28. The molecule has 0 N–H and O–H groups in total. The molecule has 0 aromatic carbocycles. The van der Waals surface area contributed by atoms with E-state index in [4.69, 9.17) is 0 Å². The summed E-state index contributed by atoms with van der Waals surface area (Å²) in [6.07, 6.45) is 4.06. The third-order valence-corrected chi connectivity index (χ3v) is 1.73. The zero-order valence-electron chi connectivity index (χ0n) is 9.28. The van der Waals surface area contributed by atoms with Crippen molar-refractivity contribution in [3.8, 4) is 0 Å². The molecule has 0 bridgehead atoms. The summed E-state index contributed by atoms with van der Waals surface area (Å²) in [6.45, 7) is 15.1. The highest BCUT2D eigenvalue weighted by Crippen LogP contribution is 2.01. The molecule has 0 spiro atoms. The van der Waals surface area contributed by atoms with Crippen molar-refractivity contribution in [3.63, 3.8) is 0 Å². The monoisotopic (exact) mass is 154 g/mol. The highest BCUT2D eigenvalue weighted by Gasteiger charge is 2.01. The van der Waals surface area contributed by atoms with Crippen molar-refractivity contribution in [1.29, 1.82) is 0 Å². The van der Waals surface area contributed by atoms with Crippen molar-refractivity contribution in [3.05, 3.63) is 0 Å². The lowest BCUT2D eigenvalue weighted by atomic mass is 9.44. The fourth-order valence-corrected chi connectivity index (χ4v) is 0.866. The second-order valence-electron chi connectivity index (χ2n) is 3.82. The van der Waals surface area contributed by atoms with E-state index in [0.29, 0.717) is 0 Å². The lowest BCUT2D eigenvalue weighted by molar-refractivity contribution is 1.24. The van der Waals surface area contributed by atoms with Crippen LogP contribution in [0.25, 0.3) is 0 Å². The van der Waals surface area contributed by atoms with Crippen molar-refractivity contribution in [2.75, 3.05) is 0 Å². The van der Waals surface area contributed by atoms with Crippen LogP contribution in [0.5, 0.6) is 0 Å². The normalized spacial score (nSPS) is 8.18. The molecule has 0 unspecified atom stereocenters. The summed E-state index contributed by atoms with van der Waals surface area (Å²) >= 11 is 0. The summed E-state index contributed by atoms with van der Waals surface area (Å²) in [6, 6.07) is 0. The van der Waals surface area contributed by atoms with Crippen LogP contribution < -0.4 is 0 Å². The van der Waals surface area contributed by atoms with Gasteiger partial charge in [0.2, 0.25) is 0 Å². The maximum Gasteiger partial charge on any atom is 0.139 e. The summed E-state index contributed by atoms with van der Waals surface area (Å²) in [4.78, 5) is 0. The van der Waals surface area contributed by atoms with Gasteiger partial charge in [-0.2, -0.15) is 0 Å². The molecule has 0 atom stereocenters. The molecule has 0 saturated carbocycles. The van der Waals surface area contributed by atoms with Crippen LogP contribution in [0.15, 0.2) is 0 Å². The maximum absolute atomic E-state index is 2.26. The molecule has 0 fully saturated rings. The van der Waals surface area contributed by atoms with Crippen molar-refractivity contribution in [1.82, 2.24) is 0 Å². The molecule has 0 amide bonds. The van der Waals surface area contributed by atoms with Crippen LogP contribution in [0.1, 0.15) is 20.8 Å². The van der Waals surface area contributed by atoms with Crippen LogP contribution in [0, 0.1) is 0 Å². The molecular formula is C9H24B2. The third-order valence-electron chi connectivity index (χ3n) is 1.73. The van der Waals surface area contributed by atoms with Crippen molar-refractivity contribution < 1.29 is 0 Å². The Kier molecular flexibility index (Phi) is 12.6. The number of rotatable bonds is 3. The fraction of sp³-hybridized carbons (Fsp3) is 1.00. The van der Waals surface area contributed by atoms with Gasteiger partial charge >= 0.3 is 0 Å². The van der Waals surface area contributed by atoms with Gasteiger partial charge in [-0.05, 0) is 0 Å². The second kappa shape index (κ2) is 10.1. The standard InChI is InChI=1S/C6H15B.C3H9B/c1-4-7(5-2)6-3;1-4(2)3/h4-6H2,1-3H3;1-3H3. The molecule has 0 saturated heterocycles. The van der Waals surface area contributed by atoms with Gasteiger partial charge in [0.25, 0.3) is 0 Å². The molecule has 0 aliphatic carbocycles. The first kappa shape index (κ1) is 13.7. The maximum atomic E-state index is 2.26. The lowest BCUT2D eigenvalue weighted by Gasteiger charge is -2.00. The summed E-state index contributed by atoms with van der Waals surface area (Å²) < 4.78 is 0. The van der Waals surface area contributed by atoms with Gasteiger partial charge in [0.1, 0.15) is 13.4 Å². The molecule has 0 aliphatic rings. The molecule has 0 nitrogen and oxygen atoms in total. The van der Waals surface area contributed by atoms with E-state index >= 15 is 0 Å². The number of hydrogen-bond acceptors (Lipinski definition) is 0. The first-order chi connectivity index (χ1) is 5.08. The minimum Gasteiger partial charge on any atom is -0.0865 e. The molecule has 0 aromatic heterocycles. The Morgan fingerprint density at radius 1 is 0.727 bits per heavy atom. The second-order valence-corrected chi connectivity index (χ2v) is 3.82. The van der Waals surface area contributed by atoms with E-state index in [0.717, 1.165) is 13.4 Å². The van der Waals surface area contributed by atoms with E-state index < -0.39 is 0 Å². The minimum absolute atomic E-state index is 0.833. The number of hydrogen-bond donors (Lipinski definition) is 0. The van der Waals surface area contributed by atoms with Gasteiger partial charge < -0.3 is 0 Å². The molecule has 11 heavy (non-hydrogen) atoms. The lowest BCUT2D eigenvalue weighted by Crippen LogP contribution is -2.04. The molecule has 0 aromatic rings. The zero-order valence-corrected chi connectivity index (χ0v) is 9.28. The highest BCUT2D eigenvalue weighted by atomic mass is 13.7. The van der Waals surface area contributed by atoms with Crippen molar-refractivity contribution in [2.45, 2.75) is 60.2 Å². The van der Waals surface area contributed by atoms with Gasteiger partial charge in [0.15, 0.2) is 0 Å². The SMILES string of the molecule is CB(C)C.CCB(CC)CC. The van der Waals surface area contributed by atoms with E-state index in [9.17, 15) is 0 Å². The Balaban J connectivity index is 0. The minimum atomic E-state index is 0.833. The molecule has 0 rings (SSSR count). The third kappa shape index (κ3) is 17.8. The molecule has 2 heteroatoms. The summed E-state index contributed by atoms with van der Waals surface area (Å²) in [7, 11) is 0. The largest absolute Gasteiger partial charge is 0.139 e. The van der Waals surface area contributed by atoms with Gasteiger partial charge in [-0.1, -0.05) is 60.2 Å². The summed E-state index contributed by atoms with van der Waals surface area (Å²) in [5.74, 6) is 0. The van der Waals surface area contributed by atoms with Crippen molar-refractivity contribution in [2.24, 2.45) is 0 Å². The Morgan fingerprint density at radius 2 is 0.909 bits per heavy atom. The Morgan fingerprint density at radius 3 is 0.909 bits per heavy atom.